The monoisotopic (exact) mass is 392 g/mol. The number of aromatic nitrogens is 2. The van der Waals surface area contributed by atoms with Gasteiger partial charge in [-0.15, -0.1) is 0 Å². The van der Waals surface area contributed by atoms with Crippen molar-refractivity contribution in [2.45, 2.75) is 39.0 Å². The molecule has 6 heteroatoms. The number of hydrogen-bond acceptors (Lipinski definition) is 4. The van der Waals surface area contributed by atoms with Gasteiger partial charge < -0.3 is 10.2 Å². The summed E-state index contributed by atoms with van der Waals surface area (Å²) in [6.45, 7) is 9.16. The van der Waals surface area contributed by atoms with Crippen molar-refractivity contribution in [2.75, 3.05) is 19.6 Å². The number of carbonyl (C=O) groups is 2. The number of hydrogen-bond donors (Lipinski definition) is 1. The summed E-state index contributed by atoms with van der Waals surface area (Å²) in [5.74, 6) is 0.652. The molecule has 29 heavy (non-hydrogen) atoms. The molecule has 1 N–H and O–H groups in total. The minimum absolute atomic E-state index is 0.00111. The van der Waals surface area contributed by atoms with Gasteiger partial charge in [-0.05, 0) is 38.7 Å². The molecule has 152 valence electrons. The van der Waals surface area contributed by atoms with Gasteiger partial charge in [-0.25, -0.2) is 9.97 Å². The third-order valence-electron chi connectivity index (χ3n) is 5.26. The van der Waals surface area contributed by atoms with Crippen molar-refractivity contribution >= 4 is 11.8 Å². The quantitative estimate of drug-likeness (QED) is 0.767. The Hall–Kier alpha value is -3.02. The number of nitrogens with one attached hydrogen (secondary N) is 1. The second-order valence-electron chi connectivity index (χ2n) is 7.55. The third kappa shape index (κ3) is 5.28. The molecule has 0 aliphatic carbocycles. The molecule has 0 unspecified atom stereocenters. The average Bonchev–Trinajstić information content (AvgIpc) is 2.74. The number of rotatable bonds is 6. The largest absolute Gasteiger partial charge is 0.352 e. The summed E-state index contributed by atoms with van der Waals surface area (Å²) in [7, 11) is 0. The Bertz CT molecular complexity index is 887. The van der Waals surface area contributed by atoms with E-state index in [2.05, 4.69) is 21.9 Å². The summed E-state index contributed by atoms with van der Waals surface area (Å²) < 4.78 is 0. The number of carbonyl (C=O) groups excluding carboxylic acids is 2. The molecule has 2 heterocycles. The summed E-state index contributed by atoms with van der Waals surface area (Å²) in [4.78, 5) is 35.6. The first-order valence-corrected chi connectivity index (χ1v) is 10.1. The Labute approximate surface area is 172 Å². The number of likely N-dealkylation sites (tertiary alicyclic amines) is 1. The Morgan fingerprint density at radius 2 is 1.90 bits per heavy atom. The van der Waals surface area contributed by atoms with E-state index in [0.717, 1.165) is 25.0 Å². The Kier molecular flexibility index (Phi) is 6.75. The third-order valence-corrected chi connectivity index (χ3v) is 5.26. The lowest BCUT2D eigenvalue weighted by atomic mass is 9.90. The smallest absolute Gasteiger partial charge is 0.254 e. The molecule has 2 aromatic rings. The normalized spacial score (nSPS) is 14.5. The van der Waals surface area contributed by atoms with Crippen LogP contribution in [0, 0.1) is 6.92 Å². The van der Waals surface area contributed by atoms with Crippen molar-refractivity contribution in [3.8, 4) is 0 Å². The Balaban J connectivity index is 1.65. The molecule has 2 amide bonds. The number of nitrogens with zero attached hydrogens (tertiary/aromatic N) is 3. The highest BCUT2D eigenvalue weighted by Crippen LogP contribution is 2.29. The molecule has 6 nitrogen and oxygen atoms in total. The number of aryl methyl sites for hydroxylation is 1. The van der Waals surface area contributed by atoms with Crippen molar-refractivity contribution in [3.05, 3.63) is 71.3 Å². The summed E-state index contributed by atoms with van der Waals surface area (Å²) in [6, 6.07) is 10.1. The van der Waals surface area contributed by atoms with Crippen molar-refractivity contribution in [1.82, 2.24) is 20.2 Å². The van der Waals surface area contributed by atoms with E-state index in [0.29, 0.717) is 36.6 Å². The standard InChI is InChI=1S/C23H28N4O2/c1-16(2)23(29)27-13-10-19(11-14-27)21-20(15-25-17(3)26-21)22(28)24-12-9-18-7-5-4-6-8-18/h4-8,15,19H,1,9-14H2,2-3H3,(H,24,28). The fraction of sp³-hybridized carbons (Fsp3) is 0.391. The van der Waals surface area contributed by atoms with Crippen LogP contribution in [-0.2, 0) is 11.2 Å². The molecule has 1 saturated heterocycles. The molecule has 1 fully saturated rings. The molecule has 1 aromatic carbocycles. The lowest BCUT2D eigenvalue weighted by Crippen LogP contribution is -2.39. The lowest BCUT2D eigenvalue weighted by Gasteiger charge is -2.32. The van der Waals surface area contributed by atoms with E-state index in [1.165, 1.54) is 5.56 Å². The number of benzene rings is 1. The molecule has 1 aliphatic rings. The van der Waals surface area contributed by atoms with Crippen LogP contribution in [0.1, 0.15) is 53.1 Å². The van der Waals surface area contributed by atoms with E-state index >= 15 is 0 Å². The van der Waals surface area contributed by atoms with Crippen molar-refractivity contribution in [2.24, 2.45) is 0 Å². The molecule has 0 radical (unpaired) electrons. The fourth-order valence-electron chi connectivity index (χ4n) is 3.66. The molecule has 0 atom stereocenters. The minimum Gasteiger partial charge on any atom is -0.352 e. The maximum atomic E-state index is 12.8. The van der Waals surface area contributed by atoms with Gasteiger partial charge in [-0.1, -0.05) is 36.9 Å². The lowest BCUT2D eigenvalue weighted by molar-refractivity contribution is -0.128. The zero-order valence-electron chi connectivity index (χ0n) is 17.1. The summed E-state index contributed by atoms with van der Waals surface area (Å²) >= 11 is 0. The molecular formula is C23H28N4O2. The summed E-state index contributed by atoms with van der Waals surface area (Å²) in [6.07, 6.45) is 3.95. The predicted octanol–water partition coefficient (Wildman–Crippen LogP) is 3.04. The van der Waals surface area contributed by atoms with Crippen molar-refractivity contribution in [3.63, 3.8) is 0 Å². The van der Waals surface area contributed by atoms with Crippen LogP contribution in [-0.4, -0.2) is 46.3 Å². The first-order chi connectivity index (χ1) is 14.0. The van der Waals surface area contributed by atoms with Gasteiger partial charge in [0.2, 0.25) is 5.91 Å². The highest BCUT2D eigenvalue weighted by molar-refractivity contribution is 5.95. The van der Waals surface area contributed by atoms with Crippen molar-refractivity contribution in [1.29, 1.82) is 0 Å². The van der Waals surface area contributed by atoms with Crippen LogP contribution in [0.5, 0.6) is 0 Å². The Morgan fingerprint density at radius 1 is 1.21 bits per heavy atom. The van der Waals surface area contributed by atoms with Gasteiger partial charge in [0.05, 0.1) is 11.3 Å². The van der Waals surface area contributed by atoms with E-state index < -0.39 is 0 Å². The molecule has 1 aromatic heterocycles. The maximum Gasteiger partial charge on any atom is 0.254 e. The minimum atomic E-state index is -0.142. The van der Waals surface area contributed by atoms with Gasteiger partial charge in [-0.2, -0.15) is 0 Å². The van der Waals surface area contributed by atoms with Gasteiger partial charge in [0, 0.05) is 37.3 Å². The first-order valence-electron chi connectivity index (χ1n) is 10.1. The van der Waals surface area contributed by atoms with E-state index in [-0.39, 0.29) is 17.7 Å². The number of piperidine rings is 1. The number of amides is 2. The SMILES string of the molecule is C=C(C)C(=O)N1CCC(c2nc(C)ncc2C(=O)NCCc2ccccc2)CC1. The zero-order valence-corrected chi connectivity index (χ0v) is 17.1. The molecule has 0 bridgehead atoms. The van der Waals surface area contributed by atoms with Crippen LogP contribution < -0.4 is 5.32 Å². The van der Waals surface area contributed by atoms with Crippen LogP contribution in [0.3, 0.4) is 0 Å². The predicted molar refractivity (Wildman–Crippen MR) is 113 cm³/mol. The van der Waals surface area contributed by atoms with Gasteiger partial charge in [0.25, 0.3) is 5.91 Å². The topological polar surface area (TPSA) is 75.2 Å². The zero-order chi connectivity index (χ0) is 20.8. The second kappa shape index (κ2) is 9.45. The second-order valence-corrected chi connectivity index (χ2v) is 7.55. The van der Waals surface area contributed by atoms with E-state index in [9.17, 15) is 9.59 Å². The van der Waals surface area contributed by atoms with Crippen LogP contribution >= 0.6 is 0 Å². The Morgan fingerprint density at radius 3 is 2.55 bits per heavy atom. The van der Waals surface area contributed by atoms with Crippen molar-refractivity contribution < 1.29 is 9.59 Å². The molecule has 3 rings (SSSR count). The van der Waals surface area contributed by atoms with Crippen LogP contribution in [0.2, 0.25) is 0 Å². The van der Waals surface area contributed by atoms with Gasteiger partial charge in [0.1, 0.15) is 5.82 Å². The van der Waals surface area contributed by atoms with E-state index in [1.807, 2.05) is 42.2 Å². The maximum absolute atomic E-state index is 12.8. The van der Waals surface area contributed by atoms with E-state index in [4.69, 9.17) is 0 Å². The van der Waals surface area contributed by atoms with Gasteiger partial charge in [0.15, 0.2) is 0 Å². The van der Waals surface area contributed by atoms with Crippen LogP contribution in [0.25, 0.3) is 0 Å². The summed E-state index contributed by atoms with van der Waals surface area (Å²) in [5, 5.41) is 2.99. The molecular weight excluding hydrogens is 364 g/mol. The molecule has 0 spiro atoms. The highest BCUT2D eigenvalue weighted by atomic mass is 16.2. The first kappa shape index (κ1) is 20.7. The van der Waals surface area contributed by atoms with Crippen LogP contribution in [0.15, 0.2) is 48.7 Å². The van der Waals surface area contributed by atoms with Gasteiger partial charge in [-0.3, -0.25) is 9.59 Å². The molecule has 1 aliphatic heterocycles. The van der Waals surface area contributed by atoms with Crippen LogP contribution in [0.4, 0.5) is 0 Å². The highest BCUT2D eigenvalue weighted by Gasteiger charge is 2.28. The van der Waals surface area contributed by atoms with E-state index in [1.54, 1.807) is 13.1 Å². The summed E-state index contributed by atoms with van der Waals surface area (Å²) in [5.41, 5.74) is 3.06. The average molecular weight is 393 g/mol. The van der Waals surface area contributed by atoms with Gasteiger partial charge >= 0.3 is 0 Å². The molecule has 0 saturated carbocycles. The fourth-order valence-corrected chi connectivity index (χ4v) is 3.66.